The predicted octanol–water partition coefficient (Wildman–Crippen LogP) is 2.62. The van der Waals surface area contributed by atoms with Crippen molar-refractivity contribution < 1.29 is 13.9 Å². The van der Waals surface area contributed by atoms with E-state index in [4.69, 9.17) is 9.15 Å². The van der Waals surface area contributed by atoms with Crippen molar-refractivity contribution >= 4 is 5.91 Å². The Hall–Kier alpha value is -3.02. The summed E-state index contributed by atoms with van der Waals surface area (Å²) in [6.45, 7) is 0.330. The number of hydrogen-bond donors (Lipinski definition) is 1. The van der Waals surface area contributed by atoms with Crippen LogP contribution in [0.15, 0.2) is 53.1 Å². The Kier molecular flexibility index (Phi) is 4.14. The third-order valence-electron chi connectivity index (χ3n) is 3.48. The van der Waals surface area contributed by atoms with Crippen LogP contribution in [0, 0.1) is 0 Å². The average molecular weight is 311 g/mol. The second-order valence-corrected chi connectivity index (χ2v) is 5.03. The first-order valence-electron chi connectivity index (χ1n) is 7.16. The highest BCUT2D eigenvalue weighted by Gasteiger charge is 2.14. The fraction of sp³-hybridized carbons (Fsp3) is 0.176. The minimum Gasteiger partial charge on any atom is -0.497 e. The van der Waals surface area contributed by atoms with Gasteiger partial charge in [0.25, 0.3) is 5.91 Å². The number of hydrogen-bond acceptors (Lipinski definition) is 4. The highest BCUT2D eigenvalue weighted by atomic mass is 16.5. The maximum atomic E-state index is 12.2. The maximum Gasteiger partial charge on any atom is 0.272 e. The lowest BCUT2D eigenvalue weighted by Gasteiger charge is -2.04. The summed E-state index contributed by atoms with van der Waals surface area (Å²) in [5.74, 6) is 1.21. The Balaban J connectivity index is 1.78. The van der Waals surface area contributed by atoms with E-state index in [-0.39, 0.29) is 5.91 Å². The molecule has 0 radical (unpaired) electrons. The maximum absolute atomic E-state index is 12.2. The quantitative estimate of drug-likeness (QED) is 0.786. The molecule has 0 aliphatic carbocycles. The molecule has 0 aliphatic rings. The van der Waals surface area contributed by atoms with Gasteiger partial charge in [0.2, 0.25) is 0 Å². The van der Waals surface area contributed by atoms with E-state index >= 15 is 0 Å². The molecule has 2 aromatic heterocycles. The van der Waals surface area contributed by atoms with Crippen molar-refractivity contribution in [2.24, 2.45) is 7.05 Å². The van der Waals surface area contributed by atoms with Crippen molar-refractivity contribution in [3.8, 4) is 17.0 Å². The van der Waals surface area contributed by atoms with E-state index in [1.54, 1.807) is 43.3 Å². The molecular weight excluding hydrogens is 294 g/mol. The van der Waals surface area contributed by atoms with Gasteiger partial charge in [0.05, 0.1) is 25.6 Å². The molecule has 3 aromatic rings. The molecule has 1 aromatic carbocycles. The van der Waals surface area contributed by atoms with Gasteiger partial charge < -0.3 is 14.5 Å². The Labute approximate surface area is 133 Å². The SMILES string of the molecule is COc1cccc(-c2cc(C(=O)NCc3ccco3)nn2C)c1. The summed E-state index contributed by atoms with van der Waals surface area (Å²) < 4.78 is 12.1. The van der Waals surface area contributed by atoms with E-state index in [0.717, 1.165) is 17.0 Å². The van der Waals surface area contributed by atoms with Crippen LogP contribution in [0.5, 0.6) is 5.75 Å². The molecule has 0 bridgehead atoms. The standard InChI is InChI=1S/C17H17N3O3/c1-20-16(12-5-3-6-13(9-12)22-2)10-15(19-20)17(21)18-11-14-7-4-8-23-14/h3-10H,11H2,1-2H3,(H,18,21). The van der Waals surface area contributed by atoms with E-state index in [1.165, 1.54) is 0 Å². The van der Waals surface area contributed by atoms with Gasteiger partial charge in [-0.3, -0.25) is 9.48 Å². The van der Waals surface area contributed by atoms with E-state index in [1.807, 2.05) is 24.3 Å². The van der Waals surface area contributed by atoms with E-state index in [0.29, 0.717) is 18.0 Å². The Bertz CT molecular complexity index is 806. The predicted molar refractivity (Wildman–Crippen MR) is 85.1 cm³/mol. The average Bonchev–Trinajstić information content (AvgIpc) is 3.22. The highest BCUT2D eigenvalue weighted by Crippen LogP contribution is 2.24. The van der Waals surface area contributed by atoms with Gasteiger partial charge in [0.15, 0.2) is 5.69 Å². The van der Waals surface area contributed by atoms with Gasteiger partial charge in [0.1, 0.15) is 11.5 Å². The molecule has 23 heavy (non-hydrogen) atoms. The summed E-state index contributed by atoms with van der Waals surface area (Å²) in [7, 11) is 3.42. The van der Waals surface area contributed by atoms with E-state index in [2.05, 4.69) is 10.4 Å². The number of amides is 1. The fourth-order valence-corrected chi connectivity index (χ4v) is 2.30. The van der Waals surface area contributed by atoms with Gasteiger partial charge in [-0.25, -0.2) is 0 Å². The van der Waals surface area contributed by atoms with Gasteiger partial charge in [-0.2, -0.15) is 5.10 Å². The number of benzene rings is 1. The second kappa shape index (κ2) is 6.39. The third kappa shape index (κ3) is 3.26. The van der Waals surface area contributed by atoms with Gasteiger partial charge in [-0.05, 0) is 30.3 Å². The minimum atomic E-state index is -0.244. The summed E-state index contributed by atoms with van der Waals surface area (Å²) in [6.07, 6.45) is 1.57. The smallest absolute Gasteiger partial charge is 0.272 e. The summed E-state index contributed by atoms with van der Waals surface area (Å²) in [5.41, 5.74) is 2.13. The number of aromatic nitrogens is 2. The zero-order chi connectivity index (χ0) is 16.2. The number of methoxy groups -OCH3 is 1. The Morgan fingerprint density at radius 2 is 2.17 bits per heavy atom. The van der Waals surface area contributed by atoms with Crippen LogP contribution in [0.2, 0.25) is 0 Å². The highest BCUT2D eigenvalue weighted by molar-refractivity contribution is 5.93. The number of ether oxygens (including phenoxy) is 1. The monoisotopic (exact) mass is 311 g/mol. The zero-order valence-electron chi connectivity index (χ0n) is 12.9. The lowest BCUT2D eigenvalue weighted by Crippen LogP contribution is -2.23. The third-order valence-corrected chi connectivity index (χ3v) is 3.48. The summed E-state index contributed by atoms with van der Waals surface area (Å²) in [5, 5.41) is 7.06. The number of nitrogens with zero attached hydrogens (tertiary/aromatic N) is 2. The molecule has 6 heteroatoms. The fourth-order valence-electron chi connectivity index (χ4n) is 2.30. The molecule has 0 aliphatic heterocycles. The first-order valence-corrected chi connectivity index (χ1v) is 7.16. The largest absolute Gasteiger partial charge is 0.497 e. The molecule has 0 saturated heterocycles. The lowest BCUT2D eigenvalue weighted by atomic mass is 10.1. The van der Waals surface area contributed by atoms with Crippen LogP contribution < -0.4 is 10.1 Å². The van der Waals surface area contributed by atoms with Crippen LogP contribution in [0.1, 0.15) is 16.2 Å². The van der Waals surface area contributed by atoms with Crippen LogP contribution in [0.3, 0.4) is 0 Å². The Morgan fingerprint density at radius 1 is 1.30 bits per heavy atom. The van der Waals surface area contributed by atoms with Gasteiger partial charge in [0, 0.05) is 12.6 Å². The second-order valence-electron chi connectivity index (χ2n) is 5.03. The topological polar surface area (TPSA) is 69.3 Å². The number of furan rings is 1. The molecule has 3 rings (SSSR count). The van der Waals surface area contributed by atoms with Crippen molar-refractivity contribution in [3.05, 3.63) is 60.2 Å². The van der Waals surface area contributed by atoms with E-state index in [9.17, 15) is 4.79 Å². The van der Waals surface area contributed by atoms with Crippen LogP contribution in [0.4, 0.5) is 0 Å². The van der Waals surface area contributed by atoms with E-state index < -0.39 is 0 Å². The Morgan fingerprint density at radius 3 is 2.91 bits per heavy atom. The van der Waals surface area contributed by atoms with Gasteiger partial charge in [-0.15, -0.1) is 0 Å². The summed E-state index contributed by atoms with van der Waals surface area (Å²) in [6, 6.07) is 13.0. The first-order chi connectivity index (χ1) is 11.2. The molecule has 0 unspecified atom stereocenters. The molecule has 0 saturated carbocycles. The minimum absolute atomic E-state index is 0.244. The molecule has 6 nitrogen and oxygen atoms in total. The van der Waals surface area contributed by atoms with Gasteiger partial charge >= 0.3 is 0 Å². The molecular formula is C17H17N3O3. The van der Waals surface area contributed by atoms with Crippen LogP contribution in [0.25, 0.3) is 11.3 Å². The summed E-state index contributed by atoms with van der Waals surface area (Å²) >= 11 is 0. The van der Waals surface area contributed by atoms with Crippen molar-refractivity contribution in [2.75, 3.05) is 7.11 Å². The van der Waals surface area contributed by atoms with Gasteiger partial charge in [-0.1, -0.05) is 12.1 Å². The molecule has 118 valence electrons. The van der Waals surface area contributed by atoms with Crippen LogP contribution in [-0.4, -0.2) is 22.8 Å². The molecule has 1 N–H and O–H groups in total. The lowest BCUT2D eigenvalue weighted by molar-refractivity contribution is 0.0942. The van der Waals surface area contributed by atoms with Crippen LogP contribution >= 0.6 is 0 Å². The number of aryl methyl sites for hydroxylation is 1. The number of carbonyl (C=O) groups excluding carboxylic acids is 1. The molecule has 2 heterocycles. The molecule has 0 spiro atoms. The van der Waals surface area contributed by atoms with Crippen LogP contribution in [-0.2, 0) is 13.6 Å². The summed E-state index contributed by atoms with van der Waals surface area (Å²) in [4.78, 5) is 12.2. The normalized spacial score (nSPS) is 10.5. The van der Waals surface area contributed by atoms with Crippen molar-refractivity contribution in [1.29, 1.82) is 0 Å². The molecule has 0 fully saturated rings. The number of carbonyl (C=O) groups is 1. The van der Waals surface area contributed by atoms with Crippen molar-refractivity contribution in [3.63, 3.8) is 0 Å². The number of nitrogens with one attached hydrogen (secondary N) is 1. The first kappa shape index (κ1) is 14.9. The molecule has 0 atom stereocenters. The zero-order valence-corrected chi connectivity index (χ0v) is 12.9. The number of rotatable bonds is 5. The van der Waals surface area contributed by atoms with Crippen molar-refractivity contribution in [2.45, 2.75) is 6.54 Å². The molecule has 1 amide bonds. The van der Waals surface area contributed by atoms with Crippen molar-refractivity contribution in [1.82, 2.24) is 15.1 Å².